The maximum absolute atomic E-state index is 12.8. The van der Waals surface area contributed by atoms with Gasteiger partial charge < -0.3 is 9.80 Å². The predicted octanol–water partition coefficient (Wildman–Crippen LogP) is 3.57. The molecule has 0 spiro atoms. The highest BCUT2D eigenvalue weighted by atomic mass is 32.1. The molecule has 5 heteroatoms. The number of hydrogen-bond acceptors (Lipinski definition) is 4. The zero-order chi connectivity index (χ0) is 16.5. The Hall–Kier alpha value is -2.40. The molecule has 4 rings (SSSR count). The Kier molecular flexibility index (Phi) is 3.94. The Bertz CT molecular complexity index is 867. The summed E-state index contributed by atoms with van der Waals surface area (Å²) in [4.78, 5) is 21.5. The van der Waals surface area contributed by atoms with Crippen LogP contribution in [0, 0.1) is 6.92 Å². The second kappa shape index (κ2) is 6.24. The van der Waals surface area contributed by atoms with Gasteiger partial charge in [-0.3, -0.25) is 4.79 Å². The number of rotatable bonds is 2. The summed E-state index contributed by atoms with van der Waals surface area (Å²) in [6.07, 6.45) is 0. The van der Waals surface area contributed by atoms with Crippen LogP contribution in [0.1, 0.15) is 15.4 Å². The van der Waals surface area contributed by atoms with Crippen LogP contribution < -0.4 is 4.90 Å². The minimum Gasteiger partial charge on any atom is -0.368 e. The van der Waals surface area contributed by atoms with Gasteiger partial charge in [-0.25, -0.2) is 4.98 Å². The Morgan fingerprint density at radius 3 is 2.54 bits per heavy atom. The Morgan fingerprint density at radius 1 is 1.04 bits per heavy atom. The van der Waals surface area contributed by atoms with Crippen molar-refractivity contribution in [1.82, 2.24) is 9.88 Å². The highest BCUT2D eigenvalue weighted by molar-refractivity contribution is 7.18. The van der Waals surface area contributed by atoms with Gasteiger partial charge in [0.2, 0.25) is 0 Å². The van der Waals surface area contributed by atoms with E-state index >= 15 is 0 Å². The van der Waals surface area contributed by atoms with E-state index in [2.05, 4.69) is 34.1 Å². The summed E-state index contributed by atoms with van der Waals surface area (Å²) in [6, 6.07) is 16.2. The van der Waals surface area contributed by atoms with Crippen molar-refractivity contribution in [2.24, 2.45) is 0 Å². The molecule has 1 aliphatic rings. The first-order valence-electron chi connectivity index (χ1n) is 8.17. The molecule has 0 bridgehead atoms. The summed E-state index contributed by atoms with van der Waals surface area (Å²) >= 11 is 1.66. The monoisotopic (exact) mass is 337 g/mol. The van der Waals surface area contributed by atoms with Gasteiger partial charge in [0.1, 0.15) is 0 Å². The second-order valence-electron chi connectivity index (χ2n) is 6.03. The largest absolute Gasteiger partial charge is 0.368 e. The van der Waals surface area contributed by atoms with E-state index in [1.54, 1.807) is 11.3 Å². The van der Waals surface area contributed by atoms with Crippen molar-refractivity contribution in [3.63, 3.8) is 0 Å². The second-order valence-corrected chi connectivity index (χ2v) is 7.26. The van der Waals surface area contributed by atoms with Gasteiger partial charge in [-0.15, -0.1) is 11.3 Å². The first kappa shape index (κ1) is 15.1. The molecule has 1 aliphatic heterocycles. The molecule has 2 heterocycles. The minimum absolute atomic E-state index is 0.107. The Morgan fingerprint density at radius 2 is 1.79 bits per heavy atom. The summed E-state index contributed by atoms with van der Waals surface area (Å²) in [5.74, 6) is 0.107. The van der Waals surface area contributed by atoms with Gasteiger partial charge >= 0.3 is 0 Å². The van der Waals surface area contributed by atoms with Gasteiger partial charge in [0.25, 0.3) is 5.91 Å². The fraction of sp³-hybridized carbons (Fsp3) is 0.263. The van der Waals surface area contributed by atoms with Crippen LogP contribution in [0.3, 0.4) is 0 Å². The molecule has 0 unspecified atom stereocenters. The van der Waals surface area contributed by atoms with Crippen molar-refractivity contribution in [3.05, 3.63) is 59.1 Å². The molecule has 1 aromatic heterocycles. The summed E-state index contributed by atoms with van der Waals surface area (Å²) in [5, 5.41) is 1.03. The molecule has 3 aromatic rings. The number of hydrogen-bond donors (Lipinski definition) is 0. The van der Waals surface area contributed by atoms with Crippen LogP contribution in [0.2, 0.25) is 0 Å². The SMILES string of the molecule is Cc1nc2cc(C(=O)N3CCN(c4ccccc4)CC3)ccc2s1. The number of aryl methyl sites for hydroxylation is 1. The molecule has 0 radical (unpaired) electrons. The third-order valence-corrected chi connectivity index (χ3v) is 5.38. The summed E-state index contributed by atoms with van der Waals surface area (Å²) in [6.45, 7) is 5.24. The summed E-state index contributed by atoms with van der Waals surface area (Å²) in [5.41, 5.74) is 2.89. The average Bonchev–Trinajstić information content (AvgIpc) is 3.01. The fourth-order valence-electron chi connectivity index (χ4n) is 3.16. The third-order valence-electron chi connectivity index (χ3n) is 4.43. The van der Waals surface area contributed by atoms with Crippen molar-refractivity contribution >= 4 is 33.1 Å². The number of amides is 1. The molecule has 0 N–H and O–H groups in total. The molecule has 0 atom stereocenters. The molecule has 1 amide bonds. The zero-order valence-corrected chi connectivity index (χ0v) is 14.4. The molecule has 1 fully saturated rings. The molecule has 2 aromatic carbocycles. The quantitative estimate of drug-likeness (QED) is 0.717. The highest BCUT2D eigenvalue weighted by Crippen LogP contribution is 2.23. The number of thiazole rings is 1. The predicted molar refractivity (Wildman–Crippen MR) is 98.9 cm³/mol. The number of benzene rings is 2. The first-order chi connectivity index (χ1) is 11.7. The van der Waals surface area contributed by atoms with Crippen LogP contribution in [0.15, 0.2) is 48.5 Å². The maximum atomic E-state index is 12.8. The molecule has 0 aliphatic carbocycles. The Labute approximate surface area is 145 Å². The minimum atomic E-state index is 0.107. The van der Waals surface area contributed by atoms with Crippen molar-refractivity contribution in [2.75, 3.05) is 31.1 Å². The van der Waals surface area contributed by atoms with E-state index in [1.165, 1.54) is 5.69 Å². The van der Waals surface area contributed by atoms with Crippen molar-refractivity contribution in [1.29, 1.82) is 0 Å². The number of anilines is 1. The van der Waals surface area contributed by atoms with Gasteiger partial charge in [-0.2, -0.15) is 0 Å². The number of piperazine rings is 1. The Balaban J connectivity index is 1.47. The van der Waals surface area contributed by atoms with E-state index in [9.17, 15) is 4.79 Å². The number of fused-ring (bicyclic) bond motifs is 1. The van der Waals surface area contributed by atoms with Crippen LogP contribution in [-0.4, -0.2) is 42.0 Å². The van der Waals surface area contributed by atoms with Crippen LogP contribution in [0.4, 0.5) is 5.69 Å². The number of para-hydroxylation sites is 1. The molecule has 122 valence electrons. The van der Waals surface area contributed by atoms with E-state index in [-0.39, 0.29) is 5.91 Å². The third kappa shape index (κ3) is 2.87. The number of carbonyl (C=O) groups excluding carboxylic acids is 1. The van der Waals surface area contributed by atoms with Crippen molar-refractivity contribution in [2.45, 2.75) is 6.92 Å². The molecular weight excluding hydrogens is 318 g/mol. The van der Waals surface area contributed by atoms with Gasteiger partial charge in [0.15, 0.2) is 0 Å². The first-order valence-corrected chi connectivity index (χ1v) is 8.99. The molecule has 1 saturated heterocycles. The molecular formula is C19H19N3OS. The number of aromatic nitrogens is 1. The zero-order valence-electron chi connectivity index (χ0n) is 13.6. The molecule has 4 nitrogen and oxygen atoms in total. The topological polar surface area (TPSA) is 36.4 Å². The van der Waals surface area contributed by atoms with E-state index in [0.29, 0.717) is 0 Å². The van der Waals surface area contributed by atoms with Crippen LogP contribution in [-0.2, 0) is 0 Å². The average molecular weight is 337 g/mol. The number of nitrogens with zero attached hydrogens (tertiary/aromatic N) is 3. The van der Waals surface area contributed by atoms with E-state index < -0.39 is 0 Å². The molecule has 0 saturated carbocycles. The van der Waals surface area contributed by atoms with E-state index in [1.807, 2.05) is 36.1 Å². The van der Waals surface area contributed by atoms with E-state index in [0.717, 1.165) is 47.0 Å². The lowest BCUT2D eigenvalue weighted by molar-refractivity contribution is 0.0747. The summed E-state index contributed by atoms with van der Waals surface area (Å²) in [7, 11) is 0. The van der Waals surface area contributed by atoms with Crippen LogP contribution >= 0.6 is 11.3 Å². The van der Waals surface area contributed by atoms with Crippen LogP contribution in [0.5, 0.6) is 0 Å². The van der Waals surface area contributed by atoms with Gasteiger partial charge in [-0.05, 0) is 37.3 Å². The standard InChI is InChI=1S/C19H19N3OS/c1-14-20-17-13-15(7-8-18(17)24-14)19(23)22-11-9-21(10-12-22)16-5-3-2-4-6-16/h2-8,13H,9-12H2,1H3. The van der Waals surface area contributed by atoms with Crippen molar-refractivity contribution in [3.8, 4) is 0 Å². The van der Waals surface area contributed by atoms with Gasteiger partial charge in [-0.1, -0.05) is 18.2 Å². The molecule has 24 heavy (non-hydrogen) atoms. The fourth-order valence-corrected chi connectivity index (χ4v) is 3.97. The summed E-state index contributed by atoms with van der Waals surface area (Å²) < 4.78 is 1.14. The number of carbonyl (C=O) groups is 1. The lowest BCUT2D eigenvalue weighted by atomic mass is 10.1. The normalized spacial score (nSPS) is 15.0. The van der Waals surface area contributed by atoms with E-state index in [4.69, 9.17) is 0 Å². The maximum Gasteiger partial charge on any atom is 0.254 e. The lowest BCUT2D eigenvalue weighted by Gasteiger charge is -2.36. The van der Waals surface area contributed by atoms with Crippen molar-refractivity contribution < 1.29 is 4.79 Å². The smallest absolute Gasteiger partial charge is 0.254 e. The van der Waals surface area contributed by atoms with Crippen LogP contribution in [0.25, 0.3) is 10.2 Å². The lowest BCUT2D eigenvalue weighted by Crippen LogP contribution is -2.48. The highest BCUT2D eigenvalue weighted by Gasteiger charge is 2.22. The van der Waals surface area contributed by atoms with Gasteiger partial charge in [0, 0.05) is 37.4 Å². The van der Waals surface area contributed by atoms with Gasteiger partial charge in [0.05, 0.1) is 15.2 Å².